The Morgan fingerprint density at radius 3 is 2.57 bits per heavy atom. The molecule has 30 heavy (non-hydrogen) atoms. The molecule has 0 saturated carbocycles. The third kappa shape index (κ3) is 3.36. The van der Waals surface area contributed by atoms with E-state index in [0.29, 0.717) is 24.5 Å². The molecule has 0 atom stereocenters. The van der Waals surface area contributed by atoms with Crippen molar-refractivity contribution >= 4 is 5.91 Å². The zero-order valence-electron chi connectivity index (χ0n) is 17.0. The van der Waals surface area contributed by atoms with Crippen molar-refractivity contribution in [1.29, 1.82) is 0 Å². The highest BCUT2D eigenvalue weighted by atomic mass is 19.1. The molecule has 2 aliphatic rings. The first kappa shape index (κ1) is 18.9. The van der Waals surface area contributed by atoms with Gasteiger partial charge in [-0.3, -0.25) is 9.48 Å². The molecule has 3 aromatic rings. The minimum atomic E-state index is -0.291. The minimum absolute atomic E-state index is 0.0237. The topological polar surface area (TPSA) is 47.4 Å². The van der Waals surface area contributed by atoms with E-state index in [1.54, 1.807) is 29.9 Å². The van der Waals surface area contributed by atoms with Gasteiger partial charge < -0.3 is 9.64 Å². The standard InChI is InChI=1S/C24H24FN3O2/c1-27-21(16-20(26-27)17-6-8-19(25)9-7-17)23(29)28-14-12-24(13-15-28)11-10-18-4-2-3-5-22(18)30-24/h2-9,16H,10-15H2,1H3. The number of ether oxygens (including phenoxy) is 1. The van der Waals surface area contributed by atoms with Crippen LogP contribution in [-0.4, -0.2) is 39.3 Å². The van der Waals surface area contributed by atoms with E-state index < -0.39 is 0 Å². The molecule has 5 nitrogen and oxygen atoms in total. The Morgan fingerprint density at radius 1 is 1.07 bits per heavy atom. The predicted octanol–water partition coefficient (Wildman–Crippen LogP) is 4.23. The molecular formula is C24H24FN3O2. The van der Waals surface area contributed by atoms with E-state index in [0.717, 1.165) is 37.0 Å². The molecular weight excluding hydrogens is 381 g/mol. The zero-order chi connectivity index (χ0) is 20.7. The molecule has 1 saturated heterocycles. The van der Waals surface area contributed by atoms with Gasteiger partial charge in [0, 0.05) is 38.5 Å². The fraction of sp³-hybridized carbons (Fsp3) is 0.333. The molecule has 154 valence electrons. The quantitative estimate of drug-likeness (QED) is 0.641. The van der Waals surface area contributed by atoms with Gasteiger partial charge in [0.2, 0.25) is 0 Å². The monoisotopic (exact) mass is 405 g/mol. The smallest absolute Gasteiger partial charge is 0.272 e. The number of aromatic nitrogens is 2. The number of rotatable bonds is 2. The number of likely N-dealkylation sites (tertiary alicyclic amines) is 1. The molecule has 1 fully saturated rings. The van der Waals surface area contributed by atoms with Gasteiger partial charge in [0.1, 0.15) is 22.9 Å². The number of fused-ring (bicyclic) bond motifs is 1. The lowest BCUT2D eigenvalue weighted by Gasteiger charge is -2.44. The number of para-hydroxylation sites is 1. The van der Waals surface area contributed by atoms with E-state index in [1.807, 2.05) is 17.0 Å². The summed E-state index contributed by atoms with van der Waals surface area (Å²) in [7, 11) is 1.77. The molecule has 1 aromatic heterocycles. The summed E-state index contributed by atoms with van der Waals surface area (Å²) in [4.78, 5) is 15.0. The van der Waals surface area contributed by atoms with Crippen LogP contribution in [0, 0.1) is 5.82 Å². The average Bonchev–Trinajstić information content (AvgIpc) is 3.16. The molecule has 3 heterocycles. The number of amides is 1. The van der Waals surface area contributed by atoms with Crippen LogP contribution in [0.15, 0.2) is 54.6 Å². The van der Waals surface area contributed by atoms with E-state index in [-0.39, 0.29) is 17.3 Å². The van der Waals surface area contributed by atoms with Crippen LogP contribution in [0.5, 0.6) is 5.75 Å². The molecule has 0 radical (unpaired) electrons. The molecule has 2 aliphatic heterocycles. The Hall–Kier alpha value is -3.15. The minimum Gasteiger partial charge on any atom is -0.487 e. The lowest BCUT2D eigenvalue weighted by molar-refractivity contribution is -0.0109. The molecule has 1 spiro atoms. The fourth-order valence-electron chi connectivity index (χ4n) is 4.52. The van der Waals surface area contributed by atoms with Gasteiger partial charge in [0.15, 0.2) is 0 Å². The van der Waals surface area contributed by atoms with Gasteiger partial charge in [-0.1, -0.05) is 18.2 Å². The molecule has 0 aliphatic carbocycles. The summed E-state index contributed by atoms with van der Waals surface area (Å²) in [6, 6.07) is 16.2. The first-order valence-electron chi connectivity index (χ1n) is 10.4. The van der Waals surface area contributed by atoms with Crippen LogP contribution in [0.4, 0.5) is 4.39 Å². The van der Waals surface area contributed by atoms with E-state index in [4.69, 9.17) is 4.74 Å². The van der Waals surface area contributed by atoms with Gasteiger partial charge in [0.25, 0.3) is 5.91 Å². The second-order valence-electron chi connectivity index (χ2n) is 8.23. The van der Waals surface area contributed by atoms with Gasteiger partial charge >= 0.3 is 0 Å². The van der Waals surface area contributed by atoms with E-state index in [9.17, 15) is 9.18 Å². The summed E-state index contributed by atoms with van der Waals surface area (Å²) in [5.41, 5.74) is 3.10. The first-order chi connectivity index (χ1) is 14.5. The molecule has 0 bridgehead atoms. The Bertz CT molecular complexity index is 1080. The van der Waals surface area contributed by atoms with Crippen molar-refractivity contribution in [2.45, 2.75) is 31.3 Å². The second kappa shape index (κ2) is 7.27. The van der Waals surface area contributed by atoms with Crippen LogP contribution in [-0.2, 0) is 13.5 Å². The second-order valence-corrected chi connectivity index (χ2v) is 8.23. The van der Waals surface area contributed by atoms with Crippen molar-refractivity contribution < 1.29 is 13.9 Å². The number of hydrogen-bond acceptors (Lipinski definition) is 3. The maximum atomic E-state index is 13.2. The SMILES string of the molecule is Cn1nc(-c2ccc(F)cc2)cc1C(=O)N1CCC2(CCc3ccccc3O2)CC1. The predicted molar refractivity (Wildman–Crippen MR) is 112 cm³/mol. The fourth-order valence-corrected chi connectivity index (χ4v) is 4.52. The summed E-state index contributed by atoms with van der Waals surface area (Å²) in [5.74, 6) is 0.671. The number of nitrogens with zero attached hydrogens (tertiary/aromatic N) is 3. The third-order valence-corrected chi connectivity index (χ3v) is 6.35. The van der Waals surface area contributed by atoms with Gasteiger partial charge in [-0.2, -0.15) is 5.10 Å². The zero-order valence-corrected chi connectivity index (χ0v) is 17.0. The number of aryl methyl sites for hydroxylation is 2. The van der Waals surface area contributed by atoms with Gasteiger partial charge in [-0.15, -0.1) is 0 Å². The van der Waals surface area contributed by atoms with Crippen LogP contribution in [0.25, 0.3) is 11.3 Å². The Balaban J connectivity index is 1.29. The van der Waals surface area contributed by atoms with Crippen LogP contribution in [0.2, 0.25) is 0 Å². The lowest BCUT2D eigenvalue weighted by atomic mass is 9.83. The highest BCUT2D eigenvalue weighted by molar-refractivity contribution is 5.93. The maximum absolute atomic E-state index is 13.2. The van der Waals surface area contributed by atoms with Gasteiger partial charge in [-0.25, -0.2) is 4.39 Å². The van der Waals surface area contributed by atoms with Crippen molar-refractivity contribution in [3.05, 3.63) is 71.7 Å². The van der Waals surface area contributed by atoms with E-state index in [2.05, 4.69) is 17.2 Å². The summed E-state index contributed by atoms with van der Waals surface area (Å²) in [6.07, 6.45) is 3.67. The summed E-state index contributed by atoms with van der Waals surface area (Å²) in [5, 5.41) is 4.46. The third-order valence-electron chi connectivity index (χ3n) is 6.35. The lowest BCUT2D eigenvalue weighted by Crippen LogP contribution is -2.51. The van der Waals surface area contributed by atoms with Crippen LogP contribution in [0.1, 0.15) is 35.3 Å². The highest BCUT2D eigenvalue weighted by Crippen LogP contribution is 2.39. The largest absolute Gasteiger partial charge is 0.487 e. The number of benzene rings is 2. The number of piperidine rings is 1. The number of carbonyl (C=O) groups excluding carboxylic acids is 1. The van der Waals surface area contributed by atoms with E-state index in [1.165, 1.54) is 17.7 Å². The highest BCUT2D eigenvalue weighted by Gasteiger charge is 2.40. The summed E-state index contributed by atoms with van der Waals surface area (Å²) in [6.45, 7) is 1.33. The molecule has 1 amide bonds. The van der Waals surface area contributed by atoms with Gasteiger partial charge in [0.05, 0.1) is 5.69 Å². The van der Waals surface area contributed by atoms with Crippen molar-refractivity contribution in [2.24, 2.45) is 7.05 Å². The number of halogens is 1. The molecule has 5 rings (SSSR count). The molecule has 2 aromatic carbocycles. The van der Waals surface area contributed by atoms with Crippen LogP contribution in [0.3, 0.4) is 0 Å². The maximum Gasteiger partial charge on any atom is 0.272 e. The first-order valence-corrected chi connectivity index (χ1v) is 10.4. The van der Waals surface area contributed by atoms with Crippen molar-refractivity contribution in [3.8, 4) is 17.0 Å². The van der Waals surface area contributed by atoms with Crippen molar-refractivity contribution in [1.82, 2.24) is 14.7 Å². The molecule has 0 N–H and O–H groups in total. The average molecular weight is 405 g/mol. The van der Waals surface area contributed by atoms with Crippen LogP contribution >= 0.6 is 0 Å². The Kier molecular flexibility index (Phi) is 4.57. The molecule has 0 unspecified atom stereocenters. The number of hydrogen-bond donors (Lipinski definition) is 0. The molecule has 6 heteroatoms. The normalized spacial score (nSPS) is 17.5. The van der Waals surface area contributed by atoms with Gasteiger partial charge in [-0.05, 0) is 54.8 Å². The van der Waals surface area contributed by atoms with E-state index >= 15 is 0 Å². The van der Waals surface area contributed by atoms with Crippen LogP contribution < -0.4 is 4.74 Å². The van der Waals surface area contributed by atoms with Crippen molar-refractivity contribution in [2.75, 3.05) is 13.1 Å². The summed E-state index contributed by atoms with van der Waals surface area (Å²) < 4.78 is 21.2. The Morgan fingerprint density at radius 2 is 1.80 bits per heavy atom. The number of carbonyl (C=O) groups is 1. The Labute approximate surface area is 175 Å². The summed E-state index contributed by atoms with van der Waals surface area (Å²) >= 11 is 0. The van der Waals surface area contributed by atoms with Crippen molar-refractivity contribution in [3.63, 3.8) is 0 Å².